The molecule has 0 fully saturated rings. The summed E-state index contributed by atoms with van der Waals surface area (Å²) in [5.41, 5.74) is 6.13. The molecule has 0 atom stereocenters. The van der Waals surface area contributed by atoms with Crippen molar-refractivity contribution < 1.29 is 0 Å². The molecule has 0 amide bonds. The Kier molecular flexibility index (Phi) is 5.44. The van der Waals surface area contributed by atoms with Crippen molar-refractivity contribution in [3.63, 3.8) is 0 Å². The van der Waals surface area contributed by atoms with Gasteiger partial charge in [-0.25, -0.2) is 0 Å². The van der Waals surface area contributed by atoms with Crippen LogP contribution in [0.15, 0.2) is 54.3 Å². The molecule has 0 unspecified atom stereocenters. The molecule has 1 nitrogen and oxygen atoms in total. The molecule has 1 aromatic carbocycles. The van der Waals surface area contributed by atoms with Gasteiger partial charge in [0, 0.05) is 7.05 Å². The molecule has 1 N–H and O–H groups in total. The van der Waals surface area contributed by atoms with Gasteiger partial charge in [0.15, 0.2) is 0 Å². The standard InChI is InChI=1S/C17H23N/c1-6-16(12-18-5)14(3)11-15(4)17-10-8-7-9-13(17)2/h7-12,18H,4,6H2,1-3,5H3/b14-11-,16-12-. The van der Waals surface area contributed by atoms with Crippen molar-refractivity contribution >= 4 is 5.57 Å². The zero-order valence-corrected chi connectivity index (χ0v) is 11.9. The number of allylic oxidation sites excluding steroid dienone is 4. The molecule has 18 heavy (non-hydrogen) atoms. The number of rotatable bonds is 5. The van der Waals surface area contributed by atoms with Gasteiger partial charge in [0.05, 0.1) is 0 Å². The fourth-order valence-corrected chi connectivity index (χ4v) is 2.03. The molecule has 0 aliphatic rings. The van der Waals surface area contributed by atoms with Crippen LogP contribution in [0.2, 0.25) is 0 Å². The van der Waals surface area contributed by atoms with E-state index in [4.69, 9.17) is 0 Å². The van der Waals surface area contributed by atoms with Crippen LogP contribution < -0.4 is 5.32 Å². The molecule has 0 spiro atoms. The Morgan fingerprint density at radius 2 is 2.00 bits per heavy atom. The van der Waals surface area contributed by atoms with E-state index in [1.165, 1.54) is 22.3 Å². The Bertz CT molecular complexity index is 478. The van der Waals surface area contributed by atoms with Crippen molar-refractivity contribution in [3.05, 3.63) is 65.4 Å². The highest BCUT2D eigenvalue weighted by Gasteiger charge is 2.02. The summed E-state index contributed by atoms with van der Waals surface area (Å²) in [6.45, 7) is 10.6. The summed E-state index contributed by atoms with van der Waals surface area (Å²) in [6.07, 6.45) is 5.23. The van der Waals surface area contributed by atoms with E-state index < -0.39 is 0 Å². The first-order valence-electron chi connectivity index (χ1n) is 6.40. The average molecular weight is 241 g/mol. The van der Waals surface area contributed by atoms with Gasteiger partial charge in [-0.05, 0) is 54.3 Å². The molecule has 0 bridgehead atoms. The van der Waals surface area contributed by atoms with E-state index in [0.29, 0.717) is 0 Å². The normalized spacial score (nSPS) is 12.4. The highest BCUT2D eigenvalue weighted by Crippen LogP contribution is 2.22. The first-order chi connectivity index (χ1) is 8.60. The number of benzene rings is 1. The number of nitrogens with one attached hydrogen (secondary N) is 1. The predicted octanol–water partition coefficient (Wildman–Crippen LogP) is 4.47. The third-order valence-electron chi connectivity index (χ3n) is 3.09. The van der Waals surface area contributed by atoms with Crippen LogP contribution in [-0.4, -0.2) is 7.05 Å². The minimum atomic E-state index is 1.02. The van der Waals surface area contributed by atoms with Crippen LogP contribution in [0.5, 0.6) is 0 Å². The maximum atomic E-state index is 4.18. The largest absolute Gasteiger partial charge is 0.394 e. The van der Waals surface area contributed by atoms with E-state index in [1.54, 1.807) is 0 Å². The van der Waals surface area contributed by atoms with Gasteiger partial charge in [0.25, 0.3) is 0 Å². The van der Waals surface area contributed by atoms with E-state index in [-0.39, 0.29) is 0 Å². The van der Waals surface area contributed by atoms with Crippen molar-refractivity contribution in [2.24, 2.45) is 0 Å². The third kappa shape index (κ3) is 3.63. The summed E-state index contributed by atoms with van der Waals surface area (Å²) in [5.74, 6) is 0. The summed E-state index contributed by atoms with van der Waals surface area (Å²) in [7, 11) is 1.93. The topological polar surface area (TPSA) is 12.0 Å². The smallest absolute Gasteiger partial charge is 0.00278 e. The minimum absolute atomic E-state index is 1.02. The SMILES string of the molecule is C=C(/C=C(C)\C(=C/NC)CC)c1ccccc1C. The Labute approximate surface area is 111 Å². The van der Waals surface area contributed by atoms with Crippen molar-refractivity contribution in [1.82, 2.24) is 5.32 Å². The van der Waals surface area contributed by atoms with Gasteiger partial charge >= 0.3 is 0 Å². The molecule has 0 saturated carbocycles. The molecule has 1 rings (SSSR count). The van der Waals surface area contributed by atoms with E-state index in [1.807, 2.05) is 7.05 Å². The Morgan fingerprint density at radius 3 is 2.56 bits per heavy atom. The molecular weight excluding hydrogens is 218 g/mol. The summed E-state index contributed by atoms with van der Waals surface area (Å²) >= 11 is 0. The van der Waals surface area contributed by atoms with Crippen LogP contribution >= 0.6 is 0 Å². The first-order valence-corrected chi connectivity index (χ1v) is 6.40. The summed E-state index contributed by atoms with van der Waals surface area (Å²) in [5, 5.41) is 3.09. The second kappa shape index (κ2) is 6.85. The lowest BCUT2D eigenvalue weighted by Gasteiger charge is -2.09. The molecule has 1 aromatic rings. The zero-order valence-electron chi connectivity index (χ0n) is 11.9. The lowest BCUT2D eigenvalue weighted by molar-refractivity contribution is 1.02. The minimum Gasteiger partial charge on any atom is -0.394 e. The van der Waals surface area contributed by atoms with Crippen molar-refractivity contribution in [2.75, 3.05) is 7.05 Å². The van der Waals surface area contributed by atoms with E-state index >= 15 is 0 Å². The summed E-state index contributed by atoms with van der Waals surface area (Å²) < 4.78 is 0. The van der Waals surface area contributed by atoms with E-state index in [0.717, 1.165) is 12.0 Å². The van der Waals surface area contributed by atoms with E-state index in [9.17, 15) is 0 Å². The third-order valence-corrected chi connectivity index (χ3v) is 3.09. The molecule has 1 heteroatoms. The molecule has 0 aromatic heterocycles. The van der Waals surface area contributed by atoms with Crippen LogP contribution in [0.1, 0.15) is 31.4 Å². The Hall–Kier alpha value is -1.76. The monoisotopic (exact) mass is 241 g/mol. The second-order valence-electron chi connectivity index (χ2n) is 4.48. The average Bonchev–Trinajstić information content (AvgIpc) is 2.36. The molecule has 0 radical (unpaired) electrons. The summed E-state index contributed by atoms with van der Waals surface area (Å²) in [4.78, 5) is 0. The fraction of sp³-hybridized carbons (Fsp3) is 0.294. The van der Waals surface area contributed by atoms with Gasteiger partial charge in [0.2, 0.25) is 0 Å². The zero-order chi connectivity index (χ0) is 13.5. The van der Waals surface area contributed by atoms with Gasteiger partial charge in [-0.15, -0.1) is 0 Å². The highest BCUT2D eigenvalue weighted by atomic mass is 14.8. The number of hydrogen-bond acceptors (Lipinski definition) is 1. The second-order valence-corrected chi connectivity index (χ2v) is 4.48. The van der Waals surface area contributed by atoms with Gasteiger partial charge in [-0.1, -0.05) is 43.8 Å². The van der Waals surface area contributed by atoms with Crippen LogP contribution in [0.3, 0.4) is 0 Å². The Balaban J connectivity index is 3.00. The maximum absolute atomic E-state index is 4.18. The molecule has 0 aliphatic heterocycles. The van der Waals surface area contributed by atoms with Crippen molar-refractivity contribution in [2.45, 2.75) is 27.2 Å². The van der Waals surface area contributed by atoms with Crippen molar-refractivity contribution in [3.8, 4) is 0 Å². The molecular formula is C17H23N. The highest BCUT2D eigenvalue weighted by molar-refractivity contribution is 5.75. The Morgan fingerprint density at radius 1 is 1.33 bits per heavy atom. The van der Waals surface area contributed by atoms with Gasteiger partial charge < -0.3 is 5.32 Å². The molecule has 0 heterocycles. The van der Waals surface area contributed by atoms with Crippen LogP contribution in [0.4, 0.5) is 0 Å². The lowest BCUT2D eigenvalue weighted by Crippen LogP contribution is -1.97. The van der Waals surface area contributed by atoms with Crippen LogP contribution in [0.25, 0.3) is 5.57 Å². The maximum Gasteiger partial charge on any atom is 0.00278 e. The quantitative estimate of drug-likeness (QED) is 0.750. The van der Waals surface area contributed by atoms with Crippen LogP contribution in [0, 0.1) is 6.92 Å². The van der Waals surface area contributed by atoms with Gasteiger partial charge in [-0.3, -0.25) is 0 Å². The summed E-state index contributed by atoms with van der Waals surface area (Å²) in [6, 6.07) is 8.35. The molecule has 96 valence electrons. The molecule has 0 saturated heterocycles. The molecule has 0 aliphatic carbocycles. The van der Waals surface area contributed by atoms with Gasteiger partial charge in [0.1, 0.15) is 0 Å². The van der Waals surface area contributed by atoms with E-state index in [2.05, 4.69) is 69.2 Å². The number of hydrogen-bond donors (Lipinski definition) is 1. The lowest BCUT2D eigenvalue weighted by atomic mass is 9.97. The first kappa shape index (κ1) is 14.3. The predicted molar refractivity (Wildman–Crippen MR) is 81.4 cm³/mol. The fourth-order valence-electron chi connectivity index (χ4n) is 2.03. The van der Waals surface area contributed by atoms with Crippen LogP contribution in [-0.2, 0) is 0 Å². The number of aryl methyl sites for hydroxylation is 1. The van der Waals surface area contributed by atoms with Crippen molar-refractivity contribution in [1.29, 1.82) is 0 Å². The van der Waals surface area contributed by atoms with Gasteiger partial charge in [-0.2, -0.15) is 0 Å².